The second-order valence-corrected chi connectivity index (χ2v) is 6.36. The van der Waals surface area contributed by atoms with E-state index in [1.54, 1.807) is 36.4 Å². The molecule has 0 bridgehead atoms. The van der Waals surface area contributed by atoms with Gasteiger partial charge in [-0.15, -0.1) is 0 Å². The summed E-state index contributed by atoms with van der Waals surface area (Å²) in [7, 11) is 0. The Hall–Kier alpha value is -2.44. The zero-order valence-electron chi connectivity index (χ0n) is 13.0. The third kappa shape index (κ3) is 5.27. The summed E-state index contributed by atoms with van der Waals surface area (Å²) < 4.78 is 5.21. The molecule has 3 rings (SSSR count). The van der Waals surface area contributed by atoms with Crippen LogP contribution in [0.15, 0.2) is 42.5 Å². The van der Waals surface area contributed by atoms with Crippen molar-refractivity contribution in [2.45, 2.75) is 18.9 Å². The summed E-state index contributed by atoms with van der Waals surface area (Å²) in [4.78, 5) is 23.7. The van der Waals surface area contributed by atoms with E-state index in [0.717, 1.165) is 12.8 Å². The van der Waals surface area contributed by atoms with Crippen molar-refractivity contribution in [2.24, 2.45) is 0 Å². The van der Waals surface area contributed by atoms with Crippen LogP contribution in [0.1, 0.15) is 12.8 Å². The summed E-state index contributed by atoms with van der Waals surface area (Å²) in [5.74, 6) is 0.293. The zero-order chi connectivity index (χ0) is 17.8. The van der Waals surface area contributed by atoms with Crippen LogP contribution < -0.4 is 20.7 Å². The minimum Gasteiger partial charge on any atom is -0.410 e. The van der Waals surface area contributed by atoms with Gasteiger partial charge in [0, 0.05) is 23.5 Å². The van der Waals surface area contributed by atoms with Crippen molar-refractivity contribution in [1.82, 2.24) is 5.32 Å². The van der Waals surface area contributed by atoms with Crippen LogP contribution >= 0.6 is 23.2 Å². The summed E-state index contributed by atoms with van der Waals surface area (Å²) in [5, 5.41) is 8.78. The van der Waals surface area contributed by atoms with E-state index in [1.807, 2.05) is 0 Å². The normalized spacial score (nSPS) is 13.0. The monoisotopic (exact) mass is 379 g/mol. The van der Waals surface area contributed by atoms with Crippen LogP contribution in [0.3, 0.4) is 0 Å². The topological polar surface area (TPSA) is 79.5 Å². The van der Waals surface area contributed by atoms with Crippen molar-refractivity contribution >= 4 is 46.7 Å². The first-order chi connectivity index (χ1) is 12.0. The average molecular weight is 380 g/mol. The van der Waals surface area contributed by atoms with Crippen molar-refractivity contribution < 1.29 is 14.3 Å². The van der Waals surface area contributed by atoms with Gasteiger partial charge in [-0.3, -0.25) is 5.32 Å². The summed E-state index contributed by atoms with van der Waals surface area (Å²) in [5.41, 5.74) is 0.982. The highest BCUT2D eigenvalue weighted by atomic mass is 35.5. The number of anilines is 2. The van der Waals surface area contributed by atoms with Gasteiger partial charge in [0.25, 0.3) is 0 Å². The largest absolute Gasteiger partial charge is 0.417 e. The molecule has 8 heteroatoms. The summed E-state index contributed by atoms with van der Waals surface area (Å²) in [6.45, 7) is 0. The lowest BCUT2D eigenvalue weighted by atomic mass is 10.3. The molecule has 1 saturated carbocycles. The lowest BCUT2D eigenvalue weighted by molar-refractivity contribution is 0.215. The minimum absolute atomic E-state index is 0.261. The molecule has 0 aliphatic heterocycles. The Bertz CT molecular complexity index is 809. The Kier molecular flexibility index (Phi) is 5.31. The minimum atomic E-state index is -0.682. The second-order valence-electron chi connectivity index (χ2n) is 5.54. The number of hydrogen-bond acceptors (Lipinski definition) is 3. The van der Waals surface area contributed by atoms with Gasteiger partial charge in [-0.05, 0) is 43.2 Å². The van der Waals surface area contributed by atoms with Gasteiger partial charge in [-0.1, -0.05) is 29.3 Å². The summed E-state index contributed by atoms with van der Waals surface area (Å²) in [6.07, 6.45) is 1.33. The highest BCUT2D eigenvalue weighted by Gasteiger charge is 2.23. The molecule has 0 radical (unpaired) electrons. The van der Waals surface area contributed by atoms with E-state index >= 15 is 0 Å². The van der Waals surface area contributed by atoms with Gasteiger partial charge < -0.3 is 15.4 Å². The van der Waals surface area contributed by atoms with E-state index in [4.69, 9.17) is 27.9 Å². The summed E-state index contributed by atoms with van der Waals surface area (Å²) >= 11 is 11.7. The Balaban J connectivity index is 1.57. The third-order valence-corrected chi connectivity index (χ3v) is 4.12. The SMILES string of the molecule is O=C(Nc1cccc(OC(=O)Nc2ccc(Cl)c(Cl)c2)c1)NC1CC1. The molecule has 0 aromatic heterocycles. The molecule has 2 aromatic carbocycles. The van der Waals surface area contributed by atoms with Crippen molar-refractivity contribution in [3.8, 4) is 5.75 Å². The number of benzene rings is 2. The predicted octanol–water partition coefficient (Wildman–Crippen LogP) is 4.89. The smallest absolute Gasteiger partial charge is 0.410 e. The Morgan fingerprint density at radius 1 is 0.960 bits per heavy atom. The molecule has 0 heterocycles. The molecule has 25 heavy (non-hydrogen) atoms. The molecule has 0 unspecified atom stereocenters. The maximum atomic E-state index is 12.0. The first-order valence-corrected chi connectivity index (χ1v) is 8.36. The number of ether oxygens (including phenoxy) is 1. The third-order valence-electron chi connectivity index (χ3n) is 3.38. The molecule has 6 nitrogen and oxygen atoms in total. The first-order valence-electron chi connectivity index (χ1n) is 7.61. The molecule has 1 fully saturated rings. The Labute approximate surface area is 154 Å². The molecule has 0 atom stereocenters. The number of nitrogens with one attached hydrogen (secondary N) is 3. The van der Waals surface area contributed by atoms with E-state index in [9.17, 15) is 9.59 Å². The van der Waals surface area contributed by atoms with E-state index in [1.165, 1.54) is 6.07 Å². The first kappa shape index (κ1) is 17.4. The molecule has 0 spiro atoms. The van der Waals surface area contributed by atoms with Crippen LogP contribution in [0.2, 0.25) is 10.0 Å². The number of carbonyl (C=O) groups is 2. The molecule has 130 valence electrons. The van der Waals surface area contributed by atoms with Gasteiger partial charge in [-0.2, -0.15) is 0 Å². The van der Waals surface area contributed by atoms with Crippen molar-refractivity contribution in [3.63, 3.8) is 0 Å². The second kappa shape index (κ2) is 7.63. The van der Waals surface area contributed by atoms with Crippen LogP contribution in [-0.4, -0.2) is 18.2 Å². The predicted molar refractivity (Wildman–Crippen MR) is 97.7 cm³/mol. The summed E-state index contributed by atoms with van der Waals surface area (Å²) in [6, 6.07) is 11.2. The molecule has 0 saturated heterocycles. The lowest BCUT2D eigenvalue weighted by Crippen LogP contribution is -2.30. The van der Waals surface area contributed by atoms with Gasteiger partial charge >= 0.3 is 12.1 Å². The number of carbonyl (C=O) groups excluding carboxylic acids is 2. The lowest BCUT2D eigenvalue weighted by Gasteiger charge is -2.10. The van der Waals surface area contributed by atoms with Gasteiger partial charge in [0.15, 0.2) is 0 Å². The highest BCUT2D eigenvalue weighted by molar-refractivity contribution is 6.42. The zero-order valence-corrected chi connectivity index (χ0v) is 14.5. The van der Waals surface area contributed by atoms with Gasteiger partial charge in [0.05, 0.1) is 10.0 Å². The number of halogens is 2. The van der Waals surface area contributed by atoms with Crippen molar-refractivity contribution in [2.75, 3.05) is 10.6 Å². The fourth-order valence-corrected chi connectivity index (χ4v) is 2.34. The molecule has 3 N–H and O–H groups in total. The number of amides is 3. The fourth-order valence-electron chi connectivity index (χ4n) is 2.04. The fraction of sp³-hybridized carbons (Fsp3) is 0.176. The maximum Gasteiger partial charge on any atom is 0.417 e. The maximum absolute atomic E-state index is 12.0. The van der Waals surface area contributed by atoms with Crippen molar-refractivity contribution in [3.05, 3.63) is 52.5 Å². The number of urea groups is 1. The number of hydrogen-bond donors (Lipinski definition) is 3. The van der Waals surface area contributed by atoms with E-state index < -0.39 is 6.09 Å². The van der Waals surface area contributed by atoms with Gasteiger partial charge in [0.2, 0.25) is 0 Å². The molecular weight excluding hydrogens is 365 g/mol. The molecule has 1 aliphatic carbocycles. The van der Waals surface area contributed by atoms with Gasteiger partial charge in [-0.25, -0.2) is 9.59 Å². The highest BCUT2D eigenvalue weighted by Crippen LogP contribution is 2.25. The van der Waals surface area contributed by atoms with Gasteiger partial charge in [0.1, 0.15) is 5.75 Å². The quantitative estimate of drug-likeness (QED) is 0.707. The Morgan fingerprint density at radius 3 is 2.44 bits per heavy atom. The Morgan fingerprint density at radius 2 is 1.72 bits per heavy atom. The van der Waals surface area contributed by atoms with Crippen LogP contribution in [0.4, 0.5) is 21.0 Å². The molecule has 3 amide bonds. The number of rotatable bonds is 4. The molecular formula is C17H15Cl2N3O3. The van der Waals surface area contributed by atoms with E-state index in [2.05, 4.69) is 16.0 Å². The van der Waals surface area contributed by atoms with Crippen LogP contribution in [0, 0.1) is 0 Å². The average Bonchev–Trinajstić information content (AvgIpc) is 3.35. The van der Waals surface area contributed by atoms with Crippen LogP contribution in [0.25, 0.3) is 0 Å². The van der Waals surface area contributed by atoms with Crippen LogP contribution in [-0.2, 0) is 0 Å². The van der Waals surface area contributed by atoms with E-state index in [0.29, 0.717) is 27.2 Å². The standard InChI is InChI=1S/C17H15Cl2N3O3/c18-14-7-6-12(9-15(14)19)22-17(24)25-13-3-1-2-11(8-13)21-16(23)20-10-4-5-10/h1-3,6-10H,4-5H2,(H,22,24)(H2,20,21,23). The van der Waals surface area contributed by atoms with Crippen LogP contribution in [0.5, 0.6) is 5.75 Å². The molecule has 1 aliphatic rings. The van der Waals surface area contributed by atoms with Crippen molar-refractivity contribution in [1.29, 1.82) is 0 Å². The molecule has 2 aromatic rings. The van der Waals surface area contributed by atoms with E-state index in [-0.39, 0.29) is 12.1 Å².